The Hall–Kier alpha value is -1.55. The second-order valence-corrected chi connectivity index (χ2v) is 5.14. The first-order valence-corrected chi connectivity index (χ1v) is 7.25. The van der Waals surface area contributed by atoms with Gasteiger partial charge in [0.25, 0.3) is 0 Å². The number of benzene rings is 1. The smallest absolute Gasteiger partial charge is 0.310 e. The molecule has 1 saturated heterocycles. The first-order chi connectivity index (χ1) is 9.74. The second kappa shape index (κ2) is 7.29. The number of likely N-dealkylation sites (tertiary alicyclic amines) is 1. The molecule has 0 bridgehead atoms. The van der Waals surface area contributed by atoms with Crippen LogP contribution < -0.4 is 4.74 Å². The Bertz CT molecular complexity index is 447. The van der Waals surface area contributed by atoms with E-state index < -0.39 is 0 Å². The molecule has 1 aliphatic heterocycles. The summed E-state index contributed by atoms with van der Waals surface area (Å²) in [4.78, 5) is 14.2. The van der Waals surface area contributed by atoms with Gasteiger partial charge in [0.05, 0.1) is 19.6 Å². The van der Waals surface area contributed by atoms with Gasteiger partial charge in [-0.1, -0.05) is 18.2 Å². The monoisotopic (exact) mass is 277 g/mol. The summed E-state index contributed by atoms with van der Waals surface area (Å²) in [6, 6.07) is 8.04. The van der Waals surface area contributed by atoms with E-state index in [1.165, 1.54) is 5.56 Å². The van der Waals surface area contributed by atoms with Gasteiger partial charge in [0.2, 0.25) is 0 Å². The lowest BCUT2D eigenvalue weighted by Gasteiger charge is -2.31. The standard InChI is InChI=1S/C16H23NO3/c1-3-20-16(18)14-8-6-10-17(12-14)11-13-7-4-5-9-15(13)19-2/h4-5,7,9,14H,3,6,8,10-12H2,1-2H3/t14-/m1/s1. The average Bonchev–Trinajstić information content (AvgIpc) is 2.48. The molecule has 110 valence electrons. The van der Waals surface area contributed by atoms with Gasteiger partial charge in [0.1, 0.15) is 5.75 Å². The van der Waals surface area contributed by atoms with Crippen LogP contribution in [0, 0.1) is 5.92 Å². The summed E-state index contributed by atoms with van der Waals surface area (Å²) in [5.74, 6) is 0.862. The Kier molecular flexibility index (Phi) is 5.41. The van der Waals surface area contributed by atoms with Crippen LogP contribution in [0.2, 0.25) is 0 Å². The fourth-order valence-corrected chi connectivity index (χ4v) is 2.73. The van der Waals surface area contributed by atoms with Crippen molar-refractivity contribution in [2.24, 2.45) is 5.92 Å². The Balaban J connectivity index is 1.97. The molecule has 1 aromatic rings. The van der Waals surface area contributed by atoms with Crippen molar-refractivity contribution in [1.29, 1.82) is 0 Å². The number of para-hydroxylation sites is 1. The van der Waals surface area contributed by atoms with E-state index in [2.05, 4.69) is 11.0 Å². The Morgan fingerprint density at radius 2 is 2.20 bits per heavy atom. The van der Waals surface area contributed by atoms with Gasteiger partial charge in [0, 0.05) is 18.7 Å². The van der Waals surface area contributed by atoms with Gasteiger partial charge in [-0.2, -0.15) is 0 Å². The van der Waals surface area contributed by atoms with Gasteiger partial charge in [-0.15, -0.1) is 0 Å². The maximum absolute atomic E-state index is 11.8. The third kappa shape index (κ3) is 3.73. The maximum atomic E-state index is 11.8. The molecule has 0 radical (unpaired) electrons. The first kappa shape index (κ1) is 14.9. The lowest BCUT2D eigenvalue weighted by molar-refractivity contribution is -0.150. The molecule has 0 spiro atoms. The molecule has 0 aromatic heterocycles. The number of rotatable bonds is 5. The number of esters is 1. The number of carbonyl (C=O) groups is 1. The molecular weight excluding hydrogens is 254 g/mol. The van der Waals surface area contributed by atoms with Crippen LogP contribution in [0.3, 0.4) is 0 Å². The molecular formula is C16H23NO3. The SMILES string of the molecule is CCOC(=O)[C@@H]1CCCN(Cc2ccccc2OC)C1. The molecule has 0 aliphatic carbocycles. The number of methoxy groups -OCH3 is 1. The van der Waals surface area contributed by atoms with E-state index in [-0.39, 0.29) is 11.9 Å². The van der Waals surface area contributed by atoms with Crippen LogP contribution >= 0.6 is 0 Å². The zero-order valence-electron chi connectivity index (χ0n) is 12.3. The van der Waals surface area contributed by atoms with Crippen molar-refractivity contribution in [2.45, 2.75) is 26.3 Å². The van der Waals surface area contributed by atoms with E-state index in [1.807, 2.05) is 25.1 Å². The van der Waals surface area contributed by atoms with Crippen LogP contribution in [0.5, 0.6) is 5.75 Å². The fourth-order valence-electron chi connectivity index (χ4n) is 2.73. The van der Waals surface area contributed by atoms with Gasteiger partial charge in [-0.05, 0) is 32.4 Å². The van der Waals surface area contributed by atoms with E-state index in [4.69, 9.17) is 9.47 Å². The molecule has 2 rings (SSSR count). The minimum Gasteiger partial charge on any atom is -0.496 e. The van der Waals surface area contributed by atoms with Crippen molar-refractivity contribution in [3.05, 3.63) is 29.8 Å². The fraction of sp³-hybridized carbons (Fsp3) is 0.562. The second-order valence-electron chi connectivity index (χ2n) is 5.14. The molecule has 0 amide bonds. The minimum atomic E-state index is -0.0581. The van der Waals surface area contributed by atoms with Crippen LogP contribution in [0.25, 0.3) is 0 Å². The molecule has 0 saturated carbocycles. The molecule has 1 heterocycles. The van der Waals surface area contributed by atoms with Gasteiger partial charge < -0.3 is 9.47 Å². The van der Waals surface area contributed by atoms with Crippen molar-refractivity contribution in [1.82, 2.24) is 4.90 Å². The highest BCUT2D eigenvalue weighted by Crippen LogP contribution is 2.23. The van der Waals surface area contributed by atoms with E-state index >= 15 is 0 Å². The summed E-state index contributed by atoms with van der Waals surface area (Å²) in [7, 11) is 1.69. The highest BCUT2D eigenvalue weighted by Gasteiger charge is 2.27. The number of nitrogens with zero attached hydrogens (tertiary/aromatic N) is 1. The molecule has 1 aliphatic rings. The summed E-state index contributed by atoms with van der Waals surface area (Å²) in [5.41, 5.74) is 1.17. The van der Waals surface area contributed by atoms with E-state index in [0.29, 0.717) is 6.61 Å². The summed E-state index contributed by atoms with van der Waals surface area (Å²) in [5, 5.41) is 0. The predicted octanol–water partition coefficient (Wildman–Crippen LogP) is 2.47. The van der Waals surface area contributed by atoms with Crippen LogP contribution in [0.1, 0.15) is 25.3 Å². The Labute approximate surface area is 120 Å². The van der Waals surface area contributed by atoms with Crippen molar-refractivity contribution >= 4 is 5.97 Å². The van der Waals surface area contributed by atoms with Gasteiger partial charge in [-0.3, -0.25) is 9.69 Å². The number of hydrogen-bond acceptors (Lipinski definition) is 4. The first-order valence-electron chi connectivity index (χ1n) is 7.25. The number of ether oxygens (including phenoxy) is 2. The number of carbonyl (C=O) groups excluding carboxylic acids is 1. The van der Waals surface area contributed by atoms with Crippen LogP contribution in [0.4, 0.5) is 0 Å². The van der Waals surface area contributed by atoms with E-state index in [1.54, 1.807) is 7.11 Å². The zero-order chi connectivity index (χ0) is 14.4. The Morgan fingerprint density at radius 1 is 1.40 bits per heavy atom. The summed E-state index contributed by atoms with van der Waals surface area (Å²) in [6.45, 7) is 4.93. The highest BCUT2D eigenvalue weighted by atomic mass is 16.5. The largest absolute Gasteiger partial charge is 0.496 e. The normalized spacial score (nSPS) is 19.6. The van der Waals surface area contributed by atoms with E-state index in [9.17, 15) is 4.79 Å². The molecule has 1 atom stereocenters. The van der Waals surface area contributed by atoms with Gasteiger partial charge in [-0.25, -0.2) is 0 Å². The lowest BCUT2D eigenvalue weighted by atomic mass is 9.97. The molecule has 0 N–H and O–H groups in total. The topological polar surface area (TPSA) is 38.8 Å². The highest BCUT2D eigenvalue weighted by molar-refractivity contribution is 5.72. The third-order valence-electron chi connectivity index (χ3n) is 3.71. The van der Waals surface area contributed by atoms with Crippen molar-refractivity contribution in [2.75, 3.05) is 26.8 Å². The number of hydrogen-bond donors (Lipinski definition) is 0. The van der Waals surface area contributed by atoms with Crippen molar-refractivity contribution in [3.8, 4) is 5.75 Å². The molecule has 1 aromatic carbocycles. The van der Waals surface area contributed by atoms with Gasteiger partial charge >= 0.3 is 5.97 Å². The summed E-state index contributed by atoms with van der Waals surface area (Å²) >= 11 is 0. The maximum Gasteiger partial charge on any atom is 0.310 e. The molecule has 0 unspecified atom stereocenters. The van der Waals surface area contributed by atoms with Crippen LogP contribution in [-0.4, -0.2) is 37.7 Å². The summed E-state index contributed by atoms with van der Waals surface area (Å²) in [6.07, 6.45) is 1.97. The number of piperidine rings is 1. The minimum absolute atomic E-state index is 0.0124. The lowest BCUT2D eigenvalue weighted by Crippen LogP contribution is -2.39. The van der Waals surface area contributed by atoms with Crippen molar-refractivity contribution < 1.29 is 14.3 Å². The molecule has 20 heavy (non-hydrogen) atoms. The quantitative estimate of drug-likeness (QED) is 0.775. The zero-order valence-corrected chi connectivity index (χ0v) is 12.3. The Morgan fingerprint density at radius 3 is 2.95 bits per heavy atom. The van der Waals surface area contributed by atoms with Crippen LogP contribution in [-0.2, 0) is 16.1 Å². The van der Waals surface area contributed by atoms with Crippen LogP contribution in [0.15, 0.2) is 24.3 Å². The predicted molar refractivity (Wildman–Crippen MR) is 77.6 cm³/mol. The molecule has 4 nitrogen and oxygen atoms in total. The average molecular weight is 277 g/mol. The van der Waals surface area contributed by atoms with Gasteiger partial charge in [0.15, 0.2) is 0 Å². The van der Waals surface area contributed by atoms with E-state index in [0.717, 1.165) is 38.2 Å². The molecule has 4 heteroatoms. The molecule has 1 fully saturated rings. The third-order valence-corrected chi connectivity index (χ3v) is 3.71. The van der Waals surface area contributed by atoms with Crippen molar-refractivity contribution in [3.63, 3.8) is 0 Å². The summed E-state index contributed by atoms with van der Waals surface area (Å²) < 4.78 is 10.5.